The molecule has 8 rings (SSSR count). The minimum Gasteiger partial charge on any atom is -0.497 e. The van der Waals surface area contributed by atoms with E-state index in [4.69, 9.17) is 35.0 Å². The predicted molar refractivity (Wildman–Crippen MR) is 200 cm³/mol. The first-order valence-electron chi connectivity index (χ1n) is 18.2. The number of halogens is 1. The van der Waals surface area contributed by atoms with Crippen molar-refractivity contribution in [3.8, 4) is 34.3 Å². The van der Waals surface area contributed by atoms with Crippen molar-refractivity contribution in [3.05, 3.63) is 92.1 Å². The van der Waals surface area contributed by atoms with Gasteiger partial charge in [0.05, 0.1) is 33.3 Å². The van der Waals surface area contributed by atoms with Crippen molar-refractivity contribution in [3.63, 3.8) is 0 Å². The van der Waals surface area contributed by atoms with Gasteiger partial charge in [-0.1, -0.05) is 24.6 Å². The molecule has 13 nitrogen and oxygen atoms in total. The van der Waals surface area contributed by atoms with Gasteiger partial charge in [0.15, 0.2) is 5.75 Å². The number of nitrogens with one attached hydrogen (secondary N) is 1. The van der Waals surface area contributed by atoms with Crippen molar-refractivity contribution in [1.29, 1.82) is 0 Å². The molecule has 14 heteroatoms. The fraction of sp³-hybridized carbons (Fsp3) is 0.390. The summed E-state index contributed by atoms with van der Waals surface area (Å²) in [5.41, 5.74) is -0.0505. The van der Waals surface area contributed by atoms with Crippen molar-refractivity contribution < 1.29 is 42.5 Å². The molecule has 0 unspecified atom stereocenters. The number of rotatable bonds is 9. The summed E-state index contributed by atoms with van der Waals surface area (Å²) < 4.78 is 30.8. The second-order valence-corrected chi connectivity index (χ2v) is 15.0. The van der Waals surface area contributed by atoms with Crippen LogP contribution in [0, 0.1) is 11.8 Å². The molecule has 4 atom stereocenters. The molecule has 1 saturated heterocycles. The Morgan fingerprint density at radius 3 is 2.42 bits per heavy atom. The first kappa shape index (κ1) is 36.4. The Bertz CT molecular complexity index is 2310. The highest BCUT2D eigenvalue weighted by atomic mass is 35.5. The second-order valence-electron chi connectivity index (χ2n) is 14.6. The van der Waals surface area contributed by atoms with Gasteiger partial charge in [-0.15, -0.1) is 0 Å². The van der Waals surface area contributed by atoms with Crippen LogP contribution in [0.25, 0.3) is 11.3 Å². The van der Waals surface area contributed by atoms with Crippen LogP contribution in [0.2, 0.25) is 5.02 Å². The van der Waals surface area contributed by atoms with Gasteiger partial charge in [0.25, 0.3) is 5.56 Å². The van der Waals surface area contributed by atoms with Crippen LogP contribution in [0.4, 0.5) is 0 Å². The zero-order chi connectivity index (χ0) is 38.8. The van der Waals surface area contributed by atoms with Crippen LogP contribution in [0.5, 0.6) is 23.0 Å². The number of carbonyl (C=O) groups is 4. The van der Waals surface area contributed by atoms with Crippen molar-refractivity contribution in [1.82, 2.24) is 14.8 Å². The van der Waals surface area contributed by atoms with Crippen molar-refractivity contribution in [2.24, 2.45) is 11.8 Å². The van der Waals surface area contributed by atoms with Gasteiger partial charge in [-0.25, -0.2) is 0 Å². The number of amides is 2. The number of fused-ring (bicyclic) bond motifs is 6. The third-order valence-electron chi connectivity index (χ3n) is 11.4. The van der Waals surface area contributed by atoms with Gasteiger partial charge in [-0.05, 0) is 42.7 Å². The van der Waals surface area contributed by atoms with E-state index < -0.39 is 29.0 Å². The number of hydrogen-bond acceptors (Lipinski definition) is 10. The van der Waals surface area contributed by atoms with E-state index in [9.17, 15) is 24.0 Å². The van der Waals surface area contributed by atoms with Gasteiger partial charge < -0.3 is 38.1 Å². The maximum atomic E-state index is 14.9. The van der Waals surface area contributed by atoms with Gasteiger partial charge in [0, 0.05) is 79.8 Å². The van der Waals surface area contributed by atoms with E-state index in [0.29, 0.717) is 48.0 Å². The van der Waals surface area contributed by atoms with Crippen LogP contribution >= 0.6 is 11.6 Å². The number of nitrogens with zero attached hydrogens (tertiary/aromatic N) is 2. The summed E-state index contributed by atoms with van der Waals surface area (Å²) in [5, 5.41) is 2.89. The lowest BCUT2D eigenvalue weighted by Gasteiger charge is -2.42. The largest absolute Gasteiger partial charge is 0.497 e. The Hall–Kier alpha value is -5.56. The summed E-state index contributed by atoms with van der Waals surface area (Å²) in [7, 11) is 4.36. The average molecular weight is 770 g/mol. The zero-order valence-corrected chi connectivity index (χ0v) is 31.6. The van der Waals surface area contributed by atoms with E-state index in [1.807, 2.05) is 15.5 Å². The van der Waals surface area contributed by atoms with Crippen LogP contribution in [0.1, 0.15) is 63.4 Å². The minimum atomic E-state index is -2.00. The molecule has 0 saturated carbocycles. The molecule has 1 aliphatic carbocycles. The van der Waals surface area contributed by atoms with Gasteiger partial charge >= 0.3 is 0 Å². The molecule has 0 radical (unpaired) electrons. The molecule has 2 bridgehead atoms. The van der Waals surface area contributed by atoms with Crippen LogP contribution < -0.4 is 29.8 Å². The molecule has 2 amide bonds. The lowest BCUT2D eigenvalue weighted by atomic mass is 9.70. The summed E-state index contributed by atoms with van der Waals surface area (Å²) in [6.45, 7) is 3.44. The minimum absolute atomic E-state index is 0.00944. The number of ether oxygens (including phenoxy) is 4. The normalized spacial score (nSPS) is 22.1. The van der Waals surface area contributed by atoms with E-state index in [0.717, 1.165) is 12.1 Å². The average Bonchev–Trinajstić information content (AvgIpc) is 3.70. The fourth-order valence-electron chi connectivity index (χ4n) is 8.77. The van der Waals surface area contributed by atoms with Crippen LogP contribution in [-0.4, -0.2) is 79.4 Å². The van der Waals surface area contributed by atoms with Crippen molar-refractivity contribution in [2.75, 3.05) is 41.0 Å². The molecule has 4 aromatic rings. The highest BCUT2D eigenvalue weighted by molar-refractivity contribution is 6.36. The third kappa shape index (κ3) is 5.87. The second kappa shape index (κ2) is 13.9. The molecule has 55 heavy (non-hydrogen) atoms. The highest BCUT2D eigenvalue weighted by Crippen LogP contribution is 2.54. The number of Topliss-reactive ketones (excluding diaryl/α,β-unsaturated/α-hetero) is 2. The number of pyridine rings is 1. The summed E-state index contributed by atoms with van der Waals surface area (Å²) >= 11 is 6.64. The van der Waals surface area contributed by atoms with E-state index in [-0.39, 0.29) is 82.5 Å². The van der Waals surface area contributed by atoms with Crippen LogP contribution in [-0.2, 0) is 29.0 Å². The number of hydrogen-bond donors (Lipinski definition) is 1. The molecule has 286 valence electrons. The van der Waals surface area contributed by atoms with E-state index in [1.54, 1.807) is 50.4 Å². The third-order valence-corrected chi connectivity index (χ3v) is 11.8. The molecular weight excluding hydrogens is 730 g/mol. The summed E-state index contributed by atoms with van der Waals surface area (Å²) in [4.78, 5) is 70.6. The van der Waals surface area contributed by atoms with Gasteiger partial charge in [-0.2, -0.15) is 0 Å². The Kier molecular flexibility index (Phi) is 9.23. The first-order valence-corrected chi connectivity index (χ1v) is 18.6. The number of methoxy groups -OCH3 is 3. The molecule has 4 aliphatic rings. The number of aromatic nitrogens is 1. The Balaban J connectivity index is 1.05. The number of ketones is 2. The van der Waals surface area contributed by atoms with Gasteiger partial charge in [0.2, 0.25) is 29.0 Å². The van der Waals surface area contributed by atoms with Gasteiger partial charge in [0.1, 0.15) is 39.4 Å². The number of benzene rings is 2. The monoisotopic (exact) mass is 769 g/mol. The Morgan fingerprint density at radius 1 is 0.945 bits per heavy atom. The number of piperidine rings is 1. The van der Waals surface area contributed by atoms with Crippen molar-refractivity contribution >= 4 is 35.0 Å². The quantitative estimate of drug-likeness (QED) is 0.233. The topological polar surface area (TPSA) is 156 Å². The molecule has 1 N–H and O–H groups in total. The van der Waals surface area contributed by atoms with E-state index in [1.165, 1.54) is 20.3 Å². The Morgan fingerprint density at radius 2 is 1.69 bits per heavy atom. The lowest BCUT2D eigenvalue weighted by molar-refractivity contribution is -0.133. The lowest BCUT2D eigenvalue weighted by Crippen LogP contribution is -2.56. The fourth-order valence-corrected chi connectivity index (χ4v) is 9.03. The Labute approximate surface area is 321 Å². The van der Waals surface area contributed by atoms with Gasteiger partial charge in [-0.3, -0.25) is 24.0 Å². The maximum Gasteiger partial charge on any atom is 0.250 e. The highest BCUT2D eigenvalue weighted by Gasteiger charge is 2.63. The summed E-state index contributed by atoms with van der Waals surface area (Å²) in [5.74, 6) is -0.628. The molecule has 1 fully saturated rings. The van der Waals surface area contributed by atoms with Crippen LogP contribution in [0.3, 0.4) is 0 Å². The standard InChI is InChI=1S/C41H40ClN3O10/c1-21-14-29-34(39(49)41(21)40(50)35-28(52-3)17-30(53-4)36(42)38(35)55-41)26(37(54-29)23-8-10-25(51-2)11-9-23)16-31(46)43-13-12-32(47)44-18-22-15-24(20-44)27-6-5-7-33(48)45(27)19-22/h5-11,17,21-22,24H,12-16,18-20H2,1-4H3,(H,43,46)/t21-,22-,24+,41+/m1/s1. The molecule has 3 aliphatic heterocycles. The van der Waals surface area contributed by atoms with E-state index >= 15 is 0 Å². The van der Waals surface area contributed by atoms with Crippen LogP contribution in [0.15, 0.2) is 57.7 Å². The summed E-state index contributed by atoms with van der Waals surface area (Å²) in [6, 6.07) is 13.8. The molecule has 1 spiro atoms. The molecule has 2 aromatic carbocycles. The molecule has 2 aromatic heterocycles. The predicted octanol–water partition coefficient (Wildman–Crippen LogP) is 4.87. The van der Waals surface area contributed by atoms with E-state index in [2.05, 4.69) is 5.32 Å². The smallest absolute Gasteiger partial charge is 0.250 e. The number of carbonyl (C=O) groups excluding carboxylic acids is 4. The number of likely N-dealkylation sites (tertiary alicyclic amines) is 1. The van der Waals surface area contributed by atoms with Crippen molar-refractivity contribution in [2.45, 2.75) is 50.7 Å². The molecular formula is C41H40ClN3O10. The zero-order valence-electron chi connectivity index (χ0n) is 30.9. The maximum absolute atomic E-state index is 14.9. The molecule has 5 heterocycles. The summed E-state index contributed by atoms with van der Waals surface area (Å²) in [6.07, 6.45) is 0.872. The SMILES string of the molecule is COc1ccc(-c2oc3c(c2CC(=O)NCCC(=O)N2C[C@H]4C[C@@H](C2)c2cccc(=O)n2C4)C(=O)[C@@]2(Oc4c(Cl)c(OC)cc(OC)c4C2=O)[C@H](C)C3)cc1. The first-order chi connectivity index (χ1) is 26.5. The number of furan rings is 1.